The highest BCUT2D eigenvalue weighted by atomic mass is 35.6. The number of carbonyl (C=O) groups is 2. The van der Waals surface area contributed by atoms with Gasteiger partial charge in [0.25, 0.3) is 0 Å². The number of carbonyl (C=O) groups excluding carboxylic acids is 2. The summed E-state index contributed by atoms with van der Waals surface area (Å²) in [5.41, 5.74) is 7.30. The Morgan fingerprint density at radius 1 is 1.46 bits per heavy atom. The van der Waals surface area contributed by atoms with Gasteiger partial charge >= 0.3 is 6.03 Å². The Kier molecular flexibility index (Phi) is 6.39. The molecule has 0 bridgehead atoms. The maximum atomic E-state index is 12.2. The van der Waals surface area contributed by atoms with Gasteiger partial charge in [-0.05, 0) is 18.6 Å². The number of thioether (sulfide) groups is 1. The molecular weight excluding hydrogens is 397 g/mol. The molecule has 0 aliphatic carbocycles. The molecule has 0 saturated carbocycles. The molecule has 10 heteroatoms. The molecule has 24 heavy (non-hydrogen) atoms. The molecule has 0 aromatic heterocycles. The number of anilines is 1. The van der Waals surface area contributed by atoms with Gasteiger partial charge in [-0.3, -0.25) is 9.69 Å². The van der Waals surface area contributed by atoms with Crippen LogP contribution in [-0.4, -0.2) is 33.3 Å². The van der Waals surface area contributed by atoms with Gasteiger partial charge in [-0.25, -0.2) is 4.79 Å². The number of halogens is 3. The summed E-state index contributed by atoms with van der Waals surface area (Å²) in [6, 6.07) is 4.62. The zero-order valence-corrected chi connectivity index (χ0v) is 15.7. The van der Waals surface area contributed by atoms with Crippen LogP contribution in [0.2, 0.25) is 0 Å². The van der Waals surface area contributed by atoms with Crippen LogP contribution in [-0.2, 0) is 16.1 Å². The number of hydrogen-bond acceptors (Lipinski definition) is 4. The van der Waals surface area contributed by atoms with Crippen molar-refractivity contribution in [2.24, 2.45) is 10.7 Å². The summed E-state index contributed by atoms with van der Waals surface area (Å²) in [4.78, 5) is 28.4. The minimum Gasteiger partial charge on any atom is -0.372 e. The number of nitrogens with zero attached hydrogens (tertiary/aromatic N) is 2. The summed E-state index contributed by atoms with van der Waals surface area (Å²) in [6.45, 7) is 1.91. The van der Waals surface area contributed by atoms with Crippen molar-refractivity contribution >= 4 is 69.4 Å². The topological polar surface area (TPSA) is 85.0 Å². The Labute approximate surface area is 158 Å². The molecule has 0 atom stereocenters. The van der Waals surface area contributed by atoms with Gasteiger partial charge in [0.05, 0.1) is 24.7 Å². The van der Waals surface area contributed by atoms with Gasteiger partial charge in [0.1, 0.15) is 0 Å². The smallest absolute Gasteiger partial charge is 0.340 e. The molecular formula is C14H14Cl3N3O3S. The van der Waals surface area contributed by atoms with E-state index in [1.165, 1.54) is 4.90 Å². The third-order valence-corrected chi connectivity index (χ3v) is 4.23. The van der Waals surface area contributed by atoms with Crippen LogP contribution in [0.1, 0.15) is 11.1 Å². The number of urea groups is 1. The van der Waals surface area contributed by atoms with E-state index >= 15 is 0 Å². The molecule has 1 heterocycles. The number of benzene rings is 1. The number of aryl methyl sites for hydroxylation is 1. The number of ether oxygens (including phenoxy) is 1. The fourth-order valence-corrected chi connectivity index (χ4v) is 3.15. The highest BCUT2D eigenvalue weighted by Gasteiger charge is 2.32. The van der Waals surface area contributed by atoms with E-state index in [1.54, 1.807) is 12.1 Å². The highest BCUT2D eigenvalue weighted by molar-refractivity contribution is 8.15. The molecule has 2 N–H and O–H groups in total. The average Bonchev–Trinajstić information content (AvgIpc) is 2.79. The average molecular weight is 411 g/mol. The number of amides is 3. The molecule has 0 spiro atoms. The van der Waals surface area contributed by atoms with Gasteiger partial charge in [-0.1, -0.05) is 58.7 Å². The van der Waals surface area contributed by atoms with Gasteiger partial charge in [-0.15, -0.1) is 0 Å². The third-order valence-electron chi connectivity index (χ3n) is 2.98. The number of nitrogens with two attached hydrogens (primary N) is 1. The van der Waals surface area contributed by atoms with E-state index in [1.807, 2.05) is 13.0 Å². The second kappa shape index (κ2) is 7.93. The van der Waals surface area contributed by atoms with Crippen LogP contribution in [0.4, 0.5) is 10.5 Å². The molecule has 1 aromatic rings. The monoisotopic (exact) mass is 409 g/mol. The molecule has 2 rings (SSSR count). The predicted octanol–water partition coefficient (Wildman–Crippen LogP) is 3.40. The second-order valence-corrected chi connectivity index (χ2v) is 8.45. The Hall–Kier alpha value is -0.990. The molecule has 0 unspecified atom stereocenters. The summed E-state index contributed by atoms with van der Waals surface area (Å²) < 4.78 is 3.88. The van der Waals surface area contributed by atoms with E-state index in [0.29, 0.717) is 11.3 Å². The lowest BCUT2D eigenvalue weighted by atomic mass is 10.1. The van der Waals surface area contributed by atoms with Gasteiger partial charge in [0, 0.05) is 5.56 Å². The summed E-state index contributed by atoms with van der Waals surface area (Å²) in [7, 11) is 0. The predicted molar refractivity (Wildman–Crippen MR) is 98.1 cm³/mol. The van der Waals surface area contributed by atoms with Crippen LogP contribution in [0.25, 0.3) is 0 Å². The maximum Gasteiger partial charge on any atom is 0.340 e. The van der Waals surface area contributed by atoms with Crippen molar-refractivity contribution in [2.75, 3.05) is 17.3 Å². The molecule has 1 aliphatic rings. The second-order valence-electron chi connectivity index (χ2n) is 4.99. The van der Waals surface area contributed by atoms with Crippen molar-refractivity contribution in [3.63, 3.8) is 0 Å². The highest BCUT2D eigenvalue weighted by Crippen LogP contribution is 2.32. The van der Waals surface area contributed by atoms with Crippen molar-refractivity contribution in [3.05, 3.63) is 29.3 Å². The van der Waals surface area contributed by atoms with E-state index in [9.17, 15) is 9.59 Å². The van der Waals surface area contributed by atoms with Crippen molar-refractivity contribution in [2.45, 2.75) is 17.3 Å². The lowest BCUT2D eigenvalue weighted by Crippen LogP contribution is -2.31. The summed E-state index contributed by atoms with van der Waals surface area (Å²) in [6.07, 6.45) is 0. The SMILES string of the molecule is Cc1ccc(COCC(Cl)(Cl)Cl)c(N2C(=O)CSC2=NC(N)=O)c1. The normalized spacial score (nSPS) is 16.9. The molecule has 1 aromatic carbocycles. The van der Waals surface area contributed by atoms with Crippen LogP contribution < -0.4 is 10.6 Å². The molecule has 130 valence electrons. The maximum absolute atomic E-state index is 12.2. The first-order valence-corrected chi connectivity index (χ1v) is 8.87. The number of primary amides is 1. The first kappa shape index (κ1) is 19.3. The summed E-state index contributed by atoms with van der Waals surface area (Å²) in [5.74, 6) is -0.0256. The Morgan fingerprint density at radius 3 is 2.79 bits per heavy atom. The molecule has 1 fully saturated rings. The molecule has 1 saturated heterocycles. The number of aliphatic imine (C=N–C) groups is 1. The van der Waals surface area contributed by atoms with Gasteiger partial charge in [0.15, 0.2) is 5.17 Å². The van der Waals surface area contributed by atoms with Crippen LogP contribution in [0.15, 0.2) is 23.2 Å². The molecule has 6 nitrogen and oxygen atoms in total. The van der Waals surface area contributed by atoms with Crippen LogP contribution in [0.3, 0.4) is 0 Å². The summed E-state index contributed by atoms with van der Waals surface area (Å²) in [5, 5.41) is 0.237. The first-order chi connectivity index (χ1) is 11.2. The lowest BCUT2D eigenvalue weighted by molar-refractivity contribution is -0.115. The van der Waals surface area contributed by atoms with E-state index in [4.69, 9.17) is 45.3 Å². The Morgan fingerprint density at radius 2 is 2.17 bits per heavy atom. The van der Waals surface area contributed by atoms with Crippen molar-refractivity contribution in [1.82, 2.24) is 0 Å². The number of hydrogen-bond donors (Lipinski definition) is 1. The van der Waals surface area contributed by atoms with Gasteiger partial charge < -0.3 is 10.5 Å². The standard InChI is InChI=1S/C14H14Cl3N3O3S/c1-8-2-3-9(5-23-7-14(15,16)17)10(4-8)20-11(21)6-24-13(20)19-12(18)22/h2-4H,5-7H2,1H3,(H2,18,22). The number of amidine groups is 1. The van der Waals surface area contributed by atoms with E-state index < -0.39 is 9.82 Å². The van der Waals surface area contributed by atoms with Crippen LogP contribution in [0.5, 0.6) is 0 Å². The molecule has 1 aliphatic heterocycles. The van der Waals surface area contributed by atoms with Crippen molar-refractivity contribution in [3.8, 4) is 0 Å². The summed E-state index contributed by atoms with van der Waals surface area (Å²) >= 11 is 18.1. The minimum absolute atomic E-state index is 0.101. The third kappa shape index (κ3) is 5.26. The first-order valence-electron chi connectivity index (χ1n) is 6.75. The number of alkyl halides is 3. The molecule has 3 amide bonds. The Balaban J connectivity index is 2.32. The minimum atomic E-state index is -1.53. The van der Waals surface area contributed by atoms with E-state index in [0.717, 1.165) is 17.3 Å². The van der Waals surface area contributed by atoms with Crippen molar-refractivity contribution in [1.29, 1.82) is 0 Å². The van der Waals surface area contributed by atoms with E-state index in [-0.39, 0.29) is 30.0 Å². The Bertz CT molecular complexity index is 692. The van der Waals surface area contributed by atoms with Crippen molar-refractivity contribution < 1.29 is 14.3 Å². The lowest BCUT2D eigenvalue weighted by Gasteiger charge is -2.21. The van der Waals surface area contributed by atoms with Crippen LogP contribution >= 0.6 is 46.6 Å². The van der Waals surface area contributed by atoms with Crippen LogP contribution in [0, 0.1) is 6.92 Å². The zero-order chi connectivity index (χ0) is 17.9. The quantitative estimate of drug-likeness (QED) is 0.771. The van der Waals surface area contributed by atoms with Gasteiger partial charge in [-0.2, -0.15) is 4.99 Å². The largest absolute Gasteiger partial charge is 0.372 e. The number of rotatable bonds is 4. The zero-order valence-electron chi connectivity index (χ0n) is 12.6. The fraction of sp³-hybridized carbons (Fsp3) is 0.357. The van der Waals surface area contributed by atoms with E-state index in [2.05, 4.69) is 4.99 Å². The fourth-order valence-electron chi connectivity index (χ4n) is 2.06. The van der Waals surface area contributed by atoms with Gasteiger partial charge in [0.2, 0.25) is 9.70 Å². The molecule has 0 radical (unpaired) electrons.